The van der Waals surface area contributed by atoms with Crippen molar-refractivity contribution in [3.05, 3.63) is 76.0 Å². The molecular weight excluding hydrogens is 452 g/mol. The number of piperazine rings is 1. The van der Waals surface area contributed by atoms with E-state index in [-0.39, 0.29) is 17.4 Å². The zero-order valence-electron chi connectivity index (χ0n) is 18.8. The smallest absolute Gasteiger partial charge is 0.335 e. The number of nitrogens with one attached hydrogen (secondary N) is 2. The maximum absolute atomic E-state index is 12.6. The minimum atomic E-state index is -1.05. The number of rotatable bonds is 7. The van der Waals surface area contributed by atoms with Crippen LogP contribution in [-0.4, -0.2) is 60.5 Å². The van der Waals surface area contributed by atoms with Gasteiger partial charge >= 0.3 is 5.97 Å². The summed E-state index contributed by atoms with van der Waals surface area (Å²) in [6.07, 6.45) is 0. The Morgan fingerprint density at radius 1 is 0.971 bits per heavy atom. The number of aryl methyl sites for hydroxylation is 1. The Labute approximate surface area is 201 Å². The Balaban J connectivity index is 1.40. The predicted molar refractivity (Wildman–Crippen MR) is 134 cm³/mol. The van der Waals surface area contributed by atoms with E-state index in [0.29, 0.717) is 43.3 Å². The maximum Gasteiger partial charge on any atom is 0.335 e. The van der Waals surface area contributed by atoms with Crippen LogP contribution in [0.5, 0.6) is 0 Å². The molecule has 0 unspecified atom stereocenters. The average Bonchev–Trinajstić information content (AvgIpc) is 3.36. The highest BCUT2D eigenvalue weighted by atomic mass is 32.1. The largest absolute Gasteiger partial charge is 0.478 e. The molecule has 0 spiro atoms. The van der Waals surface area contributed by atoms with Gasteiger partial charge in [-0.3, -0.25) is 14.5 Å². The molecule has 2 aromatic carbocycles. The van der Waals surface area contributed by atoms with Crippen LogP contribution in [0.4, 0.5) is 17.1 Å². The number of carboxylic acid groups (broad SMARTS) is 1. The molecule has 176 valence electrons. The highest BCUT2D eigenvalue weighted by Gasteiger charge is 2.23. The highest BCUT2D eigenvalue weighted by Crippen LogP contribution is 2.29. The Kier molecular flexibility index (Phi) is 7.24. The summed E-state index contributed by atoms with van der Waals surface area (Å²) >= 11 is 1.32. The molecule has 2 amide bonds. The molecule has 9 heteroatoms. The normalized spacial score (nSPS) is 14.0. The first-order valence-corrected chi connectivity index (χ1v) is 11.8. The number of aromatic carboxylic acids is 1. The van der Waals surface area contributed by atoms with Crippen molar-refractivity contribution in [3.8, 4) is 0 Å². The van der Waals surface area contributed by atoms with Crippen LogP contribution in [0.25, 0.3) is 0 Å². The van der Waals surface area contributed by atoms with E-state index in [0.717, 1.165) is 16.9 Å². The molecule has 2 heterocycles. The van der Waals surface area contributed by atoms with Crippen molar-refractivity contribution in [2.24, 2.45) is 0 Å². The van der Waals surface area contributed by atoms with E-state index in [1.165, 1.54) is 17.4 Å². The van der Waals surface area contributed by atoms with E-state index < -0.39 is 5.97 Å². The van der Waals surface area contributed by atoms with Gasteiger partial charge in [-0.1, -0.05) is 23.8 Å². The molecule has 0 radical (unpaired) electrons. The van der Waals surface area contributed by atoms with Gasteiger partial charge in [-0.05, 0) is 48.7 Å². The van der Waals surface area contributed by atoms with Gasteiger partial charge in [0.25, 0.3) is 5.91 Å². The third-order valence-corrected chi connectivity index (χ3v) is 6.52. The zero-order valence-corrected chi connectivity index (χ0v) is 19.6. The first kappa shape index (κ1) is 23.5. The van der Waals surface area contributed by atoms with Crippen LogP contribution in [-0.2, 0) is 4.79 Å². The van der Waals surface area contributed by atoms with Crippen molar-refractivity contribution in [2.75, 3.05) is 48.3 Å². The molecule has 1 fully saturated rings. The second-order valence-electron chi connectivity index (χ2n) is 8.15. The standard InChI is InChI=1S/C25H26N4O4S/c1-17-4-7-19(8-5-17)26-23(30)16-28-10-12-29(13-11-28)21-9-6-18(25(32)33)15-20(21)27-24(31)22-3-2-14-34-22/h2-9,14-15H,10-13,16H2,1H3,(H,26,30)(H,27,31)(H,32,33). The lowest BCUT2D eigenvalue weighted by Gasteiger charge is -2.36. The van der Waals surface area contributed by atoms with Crippen molar-refractivity contribution >= 4 is 46.2 Å². The zero-order chi connectivity index (χ0) is 24.1. The third-order valence-electron chi connectivity index (χ3n) is 5.65. The Morgan fingerprint density at radius 3 is 2.35 bits per heavy atom. The van der Waals surface area contributed by atoms with Gasteiger partial charge in [0.1, 0.15) is 0 Å². The summed E-state index contributed by atoms with van der Waals surface area (Å²) in [4.78, 5) is 41.3. The number of amides is 2. The summed E-state index contributed by atoms with van der Waals surface area (Å²) < 4.78 is 0. The van der Waals surface area contributed by atoms with Gasteiger partial charge in [0, 0.05) is 31.9 Å². The topological polar surface area (TPSA) is 102 Å². The Bertz CT molecular complexity index is 1170. The summed E-state index contributed by atoms with van der Waals surface area (Å²) in [6, 6.07) is 16.0. The molecule has 3 N–H and O–H groups in total. The van der Waals surface area contributed by atoms with E-state index in [9.17, 15) is 19.5 Å². The summed E-state index contributed by atoms with van der Waals surface area (Å²) in [7, 11) is 0. The van der Waals surface area contributed by atoms with Gasteiger partial charge in [-0.15, -0.1) is 11.3 Å². The lowest BCUT2D eigenvalue weighted by Crippen LogP contribution is -2.48. The molecule has 8 nitrogen and oxygen atoms in total. The lowest BCUT2D eigenvalue weighted by atomic mass is 10.1. The summed E-state index contributed by atoms with van der Waals surface area (Å²) in [6.45, 7) is 4.92. The van der Waals surface area contributed by atoms with Gasteiger partial charge in [-0.25, -0.2) is 4.79 Å². The van der Waals surface area contributed by atoms with Crippen LogP contribution in [0, 0.1) is 6.92 Å². The van der Waals surface area contributed by atoms with E-state index in [1.54, 1.807) is 24.3 Å². The number of thiophene rings is 1. The first-order chi connectivity index (χ1) is 16.4. The Hall–Kier alpha value is -3.69. The van der Waals surface area contributed by atoms with E-state index in [2.05, 4.69) is 20.4 Å². The maximum atomic E-state index is 12.6. The minimum Gasteiger partial charge on any atom is -0.478 e. The fraction of sp³-hybridized carbons (Fsp3) is 0.240. The van der Waals surface area contributed by atoms with Crippen LogP contribution < -0.4 is 15.5 Å². The molecule has 1 aliphatic heterocycles. The number of nitrogens with zero attached hydrogens (tertiary/aromatic N) is 2. The van der Waals surface area contributed by atoms with Crippen molar-refractivity contribution in [1.29, 1.82) is 0 Å². The lowest BCUT2D eigenvalue weighted by molar-refractivity contribution is -0.117. The van der Waals surface area contributed by atoms with Crippen LogP contribution in [0.15, 0.2) is 60.0 Å². The number of carbonyl (C=O) groups excluding carboxylic acids is 2. The van der Waals surface area contributed by atoms with Crippen molar-refractivity contribution < 1.29 is 19.5 Å². The van der Waals surface area contributed by atoms with Crippen LogP contribution >= 0.6 is 11.3 Å². The highest BCUT2D eigenvalue weighted by molar-refractivity contribution is 7.12. The second-order valence-corrected chi connectivity index (χ2v) is 9.09. The fourth-order valence-electron chi connectivity index (χ4n) is 3.82. The molecule has 0 saturated carbocycles. The molecular formula is C25H26N4O4S. The molecule has 4 rings (SSSR count). The Morgan fingerprint density at radius 2 is 1.71 bits per heavy atom. The average molecular weight is 479 g/mol. The quantitative estimate of drug-likeness (QED) is 0.478. The molecule has 0 aliphatic carbocycles. The van der Waals surface area contributed by atoms with Gasteiger partial charge in [0.05, 0.1) is 28.4 Å². The molecule has 3 aromatic rings. The van der Waals surface area contributed by atoms with Crippen LogP contribution in [0.2, 0.25) is 0 Å². The molecule has 34 heavy (non-hydrogen) atoms. The molecule has 0 atom stereocenters. The number of carboxylic acids is 1. The van der Waals surface area contributed by atoms with E-state index in [1.807, 2.05) is 36.6 Å². The van der Waals surface area contributed by atoms with Gasteiger partial charge < -0.3 is 20.6 Å². The summed E-state index contributed by atoms with van der Waals surface area (Å²) in [5.41, 5.74) is 3.24. The molecule has 0 bridgehead atoms. The van der Waals surface area contributed by atoms with Crippen LogP contribution in [0.3, 0.4) is 0 Å². The van der Waals surface area contributed by atoms with Crippen molar-refractivity contribution in [1.82, 2.24) is 4.90 Å². The van der Waals surface area contributed by atoms with Crippen LogP contribution in [0.1, 0.15) is 25.6 Å². The number of hydrogen-bond donors (Lipinski definition) is 3. The number of anilines is 3. The fourth-order valence-corrected chi connectivity index (χ4v) is 4.44. The van der Waals surface area contributed by atoms with Crippen molar-refractivity contribution in [2.45, 2.75) is 6.92 Å². The van der Waals surface area contributed by atoms with Gasteiger partial charge in [-0.2, -0.15) is 0 Å². The van der Waals surface area contributed by atoms with Gasteiger partial charge in [0.2, 0.25) is 5.91 Å². The number of benzene rings is 2. The number of carbonyl (C=O) groups is 3. The third kappa shape index (κ3) is 5.81. The first-order valence-electron chi connectivity index (χ1n) is 10.9. The van der Waals surface area contributed by atoms with E-state index in [4.69, 9.17) is 0 Å². The monoisotopic (exact) mass is 478 g/mol. The number of hydrogen-bond acceptors (Lipinski definition) is 6. The van der Waals surface area contributed by atoms with Gasteiger partial charge in [0.15, 0.2) is 0 Å². The summed E-state index contributed by atoms with van der Waals surface area (Å²) in [5.74, 6) is -1.39. The minimum absolute atomic E-state index is 0.0629. The molecule has 1 aliphatic rings. The second kappa shape index (κ2) is 10.5. The van der Waals surface area contributed by atoms with E-state index >= 15 is 0 Å². The molecule has 1 saturated heterocycles. The van der Waals surface area contributed by atoms with Crippen molar-refractivity contribution in [3.63, 3.8) is 0 Å². The summed E-state index contributed by atoms with van der Waals surface area (Å²) in [5, 5.41) is 17.0. The predicted octanol–water partition coefficient (Wildman–Crippen LogP) is 3.77. The molecule has 1 aromatic heterocycles. The SMILES string of the molecule is Cc1ccc(NC(=O)CN2CCN(c3ccc(C(=O)O)cc3NC(=O)c3cccs3)CC2)cc1.